The van der Waals surface area contributed by atoms with Crippen molar-refractivity contribution in [3.05, 3.63) is 59.9 Å². The van der Waals surface area contributed by atoms with Crippen LogP contribution in [0.1, 0.15) is 30.9 Å². The zero-order valence-electron chi connectivity index (χ0n) is 16.0. The monoisotopic (exact) mass is 399 g/mol. The van der Waals surface area contributed by atoms with Crippen LogP contribution in [0.15, 0.2) is 53.7 Å². The van der Waals surface area contributed by atoms with Crippen molar-refractivity contribution >= 4 is 15.9 Å². The smallest absolute Gasteiger partial charge is 0.243 e. The first-order valence-electron chi connectivity index (χ1n) is 9.70. The zero-order chi connectivity index (χ0) is 19.8. The molecule has 0 bridgehead atoms. The Morgan fingerprint density at radius 3 is 2.71 bits per heavy atom. The molecule has 2 atom stereocenters. The Balaban J connectivity index is 1.38. The maximum atomic E-state index is 13.0. The Morgan fingerprint density at radius 1 is 1.25 bits per heavy atom. The lowest BCUT2D eigenvalue weighted by Gasteiger charge is -2.17. The molecule has 1 spiro atoms. The molecular formula is C21H25N3O3S. The second-order valence-corrected chi connectivity index (χ2v) is 9.72. The van der Waals surface area contributed by atoms with Crippen molar-refractivity contribution in [2.24, 2.45) is 11.3 Å². The maximum absolute atomic E-state index is 13.0. The third-order valence-electron chi connectivity index (χ3n) is 6.02. The van der Waals surface area contributed by atoms with Crippen LogP contribution in [-0.4, -0.2) is 36.7 Å². The third-order valence-corrected chi connectivity index (χ3v) is 7.87. The Labute approximate surface area is 166 Å². The van der Waals surface area contributed by atoms with Crippen LogP contribution in [0.25, 0.3) is 0 Å². The van der Waals surface area contributed by atoms with Crippen molar-refractivity contribution in [2.75, 3.05) is 13.1 Å². The number of aryl methyl sites for hydroxylation is 1. The lowest BCUT2D eigenvalue weighted by atomic mass is 10.0. The number of nitrogens with one attached hydrogen (secondary N) is 1. The molecule has 6 nitrogen and oxygen atoms in total. The topological polar surface area (TPSA) is 79.4 Å². The fourth-order valence-electron chi connectivity index (χ4n) is 4.09. The number of aromatic nitrogens is 1. The molecule has 1 amide bonds. The summed E-state index contributed by atoms with van der Waals surface area (Å²) in [6, 6.07) is 10.9. The molecule has 0 radical (unpaired) electrons. The average molecular weight is 400 g/mol. The number of hydrogen-bond acceptors (Lipinski definition) is 4. The zero-order valence-corrected chi connectivity index (χ0v) is 16.8. The molecule has 2 heterocycles. The van der Waals surface area contributed by atoms with Crippen LogP contribution in [0.3, 0.4) is 0 Å². The summed E-state index contributed by atoms with van der Waals surface area (Å²) in [5.41, 5.74) is 1.87. The highest BCUT2D eigenvalue weighted by Gasteiger charge is 2.62. The first kappa shape index (κ1) is 19.1. The maximum Gasteiger partial charge on any atom is 0.243 e. The Hall–Kier alpha value is -2.25. The van der Waals surface area contributed by atoms with E-state index in [-0.39, 0.29) is 17.2 Å². The van der Waals surface area contributed by atoms with Gasteiger partial charge in [0.1, 0.15) is 0 Å². The van der Waals surface area contributed by atoms with Crippen LogP contribution in [-0.2, 0) is 27.8 Å². The van der Waals surface area contributed by atoms with E-state index in [1.807, 2.05) is 31.2 Å². The van der Waals surface area contributed by atoms with Gasteiger partial charge in [-0.2, -0.15) is 4.31 Å². The summed E-state index contributed by atoms with van der Waals surface area (Å²) >= 11 is 0. The standard InChI is InChI=1S/C21H25N3O3S/c1-2-16-5-7-18(8-6-16)28(26,27)24-11-9-21(15-24)12-19(21)20(25)23-14-17-4-3-10-22-13-17/h3-8,10,13,19H,2,9,11-12,14-15H2,1H3,(H,23,25)/t19-,21-/m0/s1. The first-order valence-corrected chi connectivity index (χ1v) is 11.1. The highest BCUT2D eigenvalue weighted by molar-refractivity contribution is 7.89. The minimum absolute atomic E-state index is 0.00963. The van der Waals surface area contributed by atoms with Gasteiger partial charge >= 0.3 is 0 Å². The van der Waals surface area contributed by atoms with E-state index in [9.17, 15) is 13.2 Å². The molecule has 2 fully saturated rings. The quantitative estimate of drug-likeness (QED) is 0.809. The summed E-state index contributed by atoms with van der Waals surface area (Å²) in [6.07, 6.45) is 5.81. The molecule has 1 aliphatic heterocycles. The van der Waals surface area contributed by atoms with E-state index in [0.29, 0.717) is 24.5 Å². The van der Waals surface area contributed by atoms with Gasteiger partial charge in [-0.25, -0.2) is 8.42 Å². The van der Waals surface area contributed by atoms with Crippen LogP contribution < -0.4 is 5.32 Å². The summed E-state index contributed by atoms with van der Waals surface area (Å²) in [5, 5.41) is 2.96. The number of pyridine rings is 1. The van der Waals surface area contributed by atoms with E-state index in [0.717, 1.165) is 30.4 Å². The van der Waals surface area contributed by atoms with E-state index in [2.05, 4.69) is 10.3 Å². The SMILES string of the molecule is CCc1ccc(S(=O)(=O)N2CC[C@]3(C[C@H]3C(=O)NCc3cccnc3)C2)cc1. The van der Waals surface area contributed by atoms with Gasteiger partial charge < -0.3 is 5.32 Å². The molecule has 1 N–H and O–H groups in total. The van der Waals surface area contributed by atoms with Crippen molar-refractivity contribution < 1.29 is 13.2 Å². The fraction of sp³-hybridized carbons (Fsp3) is 0.429. The lowest BCUT2D eigenvalue weighted by molar-refractivity contribution is -0.123. The van der Waals surface area contributed by atoms with E-state index < -0.39 is 10.0 Å². The van der Waals surface area contributed by atoms with Crippen LogP contribution in [0.4, 0.5) is 0 Å². The minimum Gasteiger partial charge on any atom is -0.352 e. The predicted molar refractivity (Wildman–Crippen MR) is 106 cm³/mol. The van der Waals surface area contributed by atoms with Gasteiger partial charge in [0, 0.05) is 37.9 Å². The van der Waals surface area contributed by atoms with Gasteiger partial charge in [-0.05, 0) is 54.0 Å². The Bertz CT molecular complexity index is 960. The second-order valence-electron chi connectivity index (χ2n) is 7.78. The molecule has 1 aliphatic carbocycles. The largest absolute Gasteiger partial charge is 0.352 e. The number of hydrogen-bond donors (Lipinski definition) is 1. The van der Waals surface area contributed by atoms with Gasteiger partial charge in [-0.15, -0.1) is 0 Å². The van der Waals surface area contributed by atoms with E-state index in [1.165, 1.54) is 0 Å². The molecule has 7 heteroatoms. The molecule has 2 aromatic rings. The molecule has 1 saturated carbocycles. The number of sulfonamides is 1. The fourth-order valence-corrected chi connectivity index (χ4v) is 5.63. The number of carbonyl (C=O) groups excluding carboxylic acids is 1. The average Bonchev–Trinajstić information content (AvgIpc) is 3.25. The van der Waals surface area contributed by atoms with Crippen molar-refractivity contribution in [2.45, 2.75) is 37.6 Å². The number of benzene rings is 1. The van der Waals surface area contributed by atoms with Crippen LogP contribution in [0.5, 0.6) is 0 Å². The molecule has 28 heavy (non-hydrogen) atoms. The highest BCUT2D eigenvalue weighted by atomic mass is 32.2. The van der Waals surface area contributed by atoms with Crippen LogP contribution >= 0.6 is 0 Å². The Morgan fingerprint density at radius 2 is 2.04 bits per heavy atom. The summed E-state index contributed by atoms with van der Waals surface area (Å²) < 4.78 is 27.5. The van der Waals surface area contributed by atoms with Crippen molar-refractivity contribution in [1.29, 1.82) is 0 Å². The lowest BCUT2D eigenvalue weighted by Crippen LogP contribution is -2.31. The van der Waals surface area contributed by atoms with Gasteiger partial charge in [0.15, 0.2) is 0 Å². The van der Waals surface area contributed by atoms with Crippen LogP contribution in [0, 0.1) is 11.3 Å². The van der Waals surface area contributed by atoms with E-state index in [1.54, 1.807) is 28.8 Å². The van der Waals surface area contributed by atoms with E-state index >= 15 is 0 Å². The molecule has 4 rings (SSSR count). The molecule has 0 unspecified atom stereocenters. The van der Waals surface area contributed by atoms with Crippen molar-refractivity contribution in [3.8, 4) is 0 Å². The summed E-state index contributed by atoms with van der Waals surface area (Å²) in [7, 11) is -3.51. The van der Waals surface area contributed by atoms with Crippen molar-refractivity contribution in [3.63, 3.8) is 0 Å². The predicted octanol–water partition coefficient (Wildman–Crippen LogP) is 2.36. The second kappa shape index (κ2) is 7.29. The number of nitrogens with zero attached hydrogens (tertiary/aromatic N) is 2. The number of carbonyl (C=O) groups is 1. The molecule has 148 valence electrons. The number of rotatable bonds is 6. The van der Waals surface area contributed by atoms with E-state index in [4.69, 9.17) is 0 Å². The first-order chi connectivity index (χ1) is 13.4. The number of amides is 1. The van der Waals surface area contributed by atoms with Crippen LogP contribution in [0.2, 0.25) is 0 Å². The molecular weight excluding hydrogens is 374 g/mol. The summed E-state index contributed by atoms with van der Waals surface area (Å²) in [4.78, 5) is 16.9. The van der Waals surface area contributed by atoms with Gasteiger partial charge in [-0.1, -0.05) is 25.1 Å². The summed E-state index contributed by atoms with van der Waals surface area (Å²) in [5.74, 6) is -0.0951. The molecule has 1 aromatic carbocycles. The van der Waals surface area contributed by atoms with Gasteiger partial charge in [0.2, 0.25) is 15.9 Å². The molecule has 1 saturated heterocycles. The third kappa shape index (κ3) is 3.56. The van der Waals surface area contributed by atoms with Gasteiger partial charge in [0.05, 0.1) is 4.90 Å². The van der Waals surface area contributed by atoms with Gasteiger partial charge in [-0.3, -0.25) is 9.78 Å². The molecule has 1 aromatic heterocycles. The van der Waals surface area contributed by atoms with Crippen molar-refractivity contribution in [1.82, 2.24) is 14.6 Å². The highest BCUT2D eigenvalue weighted by Crippen LogP contribution is 2.59. The minimum atomic E-state index is -3.51. The normalized spacial score (nSPS) is 24.4. The summed E-state index contributed by atoms with van der Waals surface area (Å²) in [6.45, 7) is 3.39. The molecule has 2 aliphatic rings. The Kier molecular flexibility index (Phi) is 4.97. The van der Waals surface area contributed by atoms with Gasteiger partial charge in [0.25, 0.3) is 0 Å².